The standard InChI is InChI=1S/C18H23N5O.Hg/c1-4-20-18(24)23-12-10-22(11-13-23)17(21-19-3)9-8-16-7-5-6-15(2)14-16;/h5-7,14H,3-4,10-13H2,1-2H3,(H,20,24);/q;+1/p-1/b21-17-;. The topological polar surface area (TPSA) is 51.5 Å². The summed E-state index contributed by atoms with van der Waals surface area (Å²) < 4.78 is 1.91. The normalized spacial score (nSPS) is 14.6. The number of rotatable bonds is 2. The van der Waals surface area contributed by atoms with Crippen LogP contribution in [0.3, 0.4) is 0 Å². The van der Waals surface area contributed by atoms with Crippen LogP contribution in [0, 0.1) is 18.8 Å². The Kier molecular flexibility index (Phi) is 7.44. The van der Waals surface area contributed by atoms with Gasteiger partial charge in [0, 0.05) is 0 Å². The summed E-state index contributed by atoms with van der Waals surface area (Å²) in [4.78, 5) is 16.2. The maximum atomic E-state index is 12.3. The molecule has 2 amide bonds. The van der Waals surface area contributed by atoms with E-state index in [-0.39, 0.29) is 6.03 Å². The summed E-state index contributed by atoms with van der Waals surface area (Å²) in [5.74, 6) is 6.84. The van der Waals surface area contributed by atoms with Gasteiger partial charge in [0.15, 0.2) is 0 Å². The van der Waals surface area contributed by atoms with Crippen LogP contribution in [-0.4, -0.2) is 63.8 Å². The van der Waals surface area contributed by atoms with Gasteiger partial charge in [0.05, 0.1) is 0 Å². The molecule has 1 aromatic carbocycles. The van der Waals surface area contributed by atoms with Gasteiger partial charge in [-0.2, -0.15) is 0 Å². The van der Waals surface area contributed by atoms with Crippen molar-refractivity contribution in [2.75, 3.05) is 32.7 Å². The van der Waals surface area contributed by atoms with Gasteiger partial charge in [-0.1, -0.05) is 6.07 Å². The zero-order chi connectivity index (χ0) is 18.2. The van der Waals surface area contributed by atoms with E-state index in [0.29, 0.717) is 58.4 Å². The average molecular weight is 525 g/mol. The molecule has 2 rings (SSSR count). The molecule has 1 aliphatic rings. The SMILES string of the molecule is C=N/N=C(/C#Cc1cccc(C)c1)N1CCN(C(=O)[N]([Hg])CC)CC1. The van der Waals surface area contributed by atoms with E-state index in [1.807, 2.05) is 45.7 Å². The Morgan fingerprint density at radius 2 is 2.00 bits per heavy atom. The zero-order valence-electron chi connectivity index (χ0n) is 14.9. The summed E-state index contributed by atoms with van der Waals surface area (Å²) in [6, 6.07) is 8.19. The molecule has 0 radical (unpaired) electrons. The van der Waals surface area contributed by atoms with Gasteiger partial charge in [0.1, 0.15) is 0 Å². The molecule has 1 aromatic rings. The van der Waals surface area contributed by atoms with Crippen LogP contribution >= 0.6 is 0 Å². The van der Waals surface area contributed by atoms with E-state index in [4.69, 9.17) is 0 Å². The molecular weight excluding hydrogens is 503 g/mol. The third kappa shape index (κ3) is 5.57. The van der Waals surface area contributed by atoms with E-state index in [2.05, 4.69) is 33.7 Å². The van der Waals surface area contributed by atoms with Crippen molar-refractivity contribution in [3.05, 3.63) is 35.4 Å². The van der Waals surface area contributed by atoms with Crippen LogP contribution in [0.4, 0.5) is 4.79 Å². The Morgan fingerprint density at radius 1 is 1.32 bits per heavy atom. The maximum absolute atomic E-state index is 12.3. The Balaban J connectivity index is 2.05. The molecule has 7 heteroatoms. The number of carbonyl (C=O) groups is 1. The predicted octanol–water partition coefficient (Wildman–Crippen LogP) is 1.88. The molecule has 0 unspecified atom stereocenters. The Labute approximate surface area is 166 Å². The molecule has 0 aliphatic carbocycles. The molecule has 0 saturated carbocycles. The number of carbonyl (C=O) groups excluding carboxylic acids is 1. The molecule has 1 saturated heterocycles. The van der Waals surface area contributed by atoms with Crippen LogP contribution in [0.2, 0.25) is 0 Å². The number of amidine groups is 1. The van der Waals surface area contributed by atoms with E-state index >= 15 is 0 Å². The third-order valence-electron chi connectivity index (χ3n) is 4.00. The number of piperazine rings is 1. The summed E-state index contributed by atoms with van der Waals surface area (Å²) in [7, 11) is 0. The van der Waals surface area contributed by atoms with Gasteiger partial charge in [-0.25, -0.2) is 0 Å². The summed E-state index contributed by atoms with van der Waals surface area (Å²) in [6.07, 6.45) is 0. The van der Waals surface area contributed by atoms with E-state index in [9.17, 15) is 4.79 Å². The van der Waals surface area contributed by atoms with Crippen LogP contribution in [0.1, 0.15) is 18.1 Å². The first-order chi connectivity index (χ1) is 12.0. The number of aryl methyl sites for hydroxylation is 1. The van der Waals surface area contributed by atoms with Crippen LogP contribution in [-0.2, 0) is 26.4 Å². The molecule has 127 valence electrons. The van der Waals surface area contributed by atoms with Gasteiger partial charge < -0.3 is 0 Å². The van der Waals surface area contributed by atoms with Gasteiger partial charge in [-0.05, 0) is 6.92 Å². The van der Waals surface area contributed by atoms with Crippen molar-refractivity contribution < 1.29 is 31.2 Å². The fourth-order valence-corrected chi connectivity index (χ4v) is 3.31. The van der Waals surface area contributed by atoms with Crippen molar-refractivity contribution in [1.29, 1.82) is 0 Å². The molecule has 25 heavy (non-hydrogen) atoms. The van der Waals surface area contributed by atoms with Gasteiger partial charge in [-0.15, -0.1) is 0 Å². The minimum atomic E-state index is 0.150. The van der Waals surface area contributed by atoms with Crippen LogP contribution in [0.15, 0.2) is 34.5 Å². The molecule has 1 fully saturated rings. The summed E-state index contributed by atoms with van der Waals surface area (Å²) in [6.45, 7) is 11.0. The first-order valence-corrected chi connectivity index (χ1v) is 10.7. The number of hydrogen-bond donors (Lipinski definition) is 0. The van der Waals surface area contributed by atoms with Crippen LogP contribution in [0.5, 0.6) is 0 Å². The van der Waals surface area contributed by atoms with E-state index in [1.54, 1.807) is 0 Å². The third-order valence-corrected chi connectivity index (χ3v) is 6.79. The zero-order valence-corrected chi connectivity index (χ0v) is 20.4. The molecule has 1 heterocycles. The fourth-order valence-electron chi connectivity index (χ4n) is 2.53. The summed E-state index contributed by atoms with van der Waals surface area (Å²) in [5.41, 5.74) is 2.12. The van der Waals surface area contributed by atoms with Crippen molar-refractivity contribution in [3.63, 3.8) is 0 Å². The molecule has 0 atom stereocenters. The number of benzene rings is 1. The minimum absolute atomic E-state index is 0.150. The second-order valence-corrected chi connectivity index (χ2v) is 8.77. The van der Waals surface area contributed by atoms with Crippen LogP contribution < -0.4 is 0 Å². The molecule has 6 nitrogen and oxygen atoms in total. The van der Waals surface area contributed by atoms with E-state index < -0.39 is 0 Å². The molecule has 0 spiro atoms. The fraction of sp³-hybridized carbons (Fsp3) is 0.389. The Bertz CT molecular complexity index is 714. The van der Waals surface area contributed by atoms with Crippen LogP contribution in [0.25, 0.3) is 0 Å². The van der Waals surface area contributed by atoms with Crippen molar-refractivity contribution in [2.24, 2.45) is 10.2 Å². The van der Waals surface area contributed by atoms with Crippen molar-refractivity contribution in [2.45, 2.75) is 13.8 Å². The Hall–Kier alpha value is -1.87. The Morgan fingerprint density at radius 3 is 2.60 bits per heavy atom. The van der Waals surface area contributed by atoms with Gasteiger partial charge in [0.2, 0.25) is 0 Å². The molecule has 0 aromatic heterocycles. The first kappa shape index (κ1) is 19.4. The number of urea groups is 1. The van der Waals surface area contributed by atoms with Gasteiger partial charge >= 0.3 is 153 Å². The molecule has 1 aliphatic heterocycles. The first-order valence-electron chi connectivity index (χ1n) is 8.29. The van der Waals surface area contributed by atoms with Crippen molar-refractivity contribution >= 4 is 18.6 Å². The summed E-state index contributed by atoms with van der Waals surface area (Å²) >= 11 is 0.316. The quantitative estimate of drug-likeness (QED) is 0.195. The van der Waals surface area contributed by atoms with Gasteiger partial charge in [-0.3, -0.25) is 0 Å². The molecule has 0 bridgehead atoms. The second-order valence-electron chi connectivity index (χ2n) is 5.80. The van der Waals surface area contributed by atoms with Crippen molar-refractivity contribution in [3.8, 4) is 11.8 Å². The predicted molar refractivity (Wildman–Crippen MR) is 96.0 cm³/mol. The number of nitrogens with zero attached hydrogens (tertiary/aromatic N) is 5. The van der Waals surface area contributed by atoms with E-state index in [0.717, 1.165) is 12.1 Å². The summed E-state index contributed by atoms with van der Waals surface area (Å²) in [5, 5.41) is 7.73. The van der Waals surface area contributed by atoms with Gasteiger partial charge in [0.25, 0.3) is 0 Å². The molecular formula is C18H22HgN5O. The van der Waals surface area contributed by atoms with Crippen molar-refractivity contribution in [1.82, 2.24) is 12.5 Å². The number of hydrogen-bond acceptors (Lipinski definition) is 3. The van der Waals surface area contributed by atoms with E-state index in [1.165, 1.54) is 5.56 Å². The average Bonchev–Trinajstić information content (AvgIpc) is 2.64. The molecule has 0 N–H and O–H groups in total. The monoisotopic (exact) mass is 526 g/mol. The number of amides is 2. The second kappa shape index (κ2) is 9.57.